The number of hydrogen-bond acceptors (Lipinski definition) is 3. The third kappa shape index (κ3) is 1.78. The van der Waals surface area contributed by atoms with Crippen molar-refractivity contribution in [1.82, 2.24) is 10.5 Å². The van der Waals surface area contributed by atoms with E-state index in [-0.39, 0.29) is 0 Å². The number of rotatable bonds is 1. The van der Waals surface area contributed by atoms with Crippen molar-refractivity contribution in [3.05, 3.63) is 36.7 Å². The summed E-state index contributed by atoms with van der Waals surface area (Å²) in [5.74, 6) is 0.470. The van der Waals surface area contributed by atoms with Crippen LogP contribution in [0.15, 0.2) is 41.8 Å². The van der Waals surface area contributed by atoms with Crippen molar-refractivity contribution in [2.75, 3.05) is 0 Å². The predicted octanol–water partition coefficient (Wildman–Crippen LogP) is 0.256. The van der Waals surface area contributed by atoms with Crippen LogP contribution in [0.1, 0.15) is 0 Å². The lowest BCUT2D eigenvalue weighted by molar-refractivity contribution is -0.592. The second-order valence-corrected chi connectivity index (χ2v) is 2.80. The van der Waals surface area contributed by atoms with Crippen LogP contribution in [-0.2, 0) is 0 Å². The van der Waals surface area contributed by atoms with E-state index < -0.39 is 6.09 Å². The van der Waals surface area contributed by atoms with E-state index in [0.717, 1.165) is 5.01 Å². The van der Waals surface area contributed by atoms with Crippen LogP contribution < -0.4 is 10.1 Å². The minimum Gasteiger partial charge on any atom is -0.445 e. The maximum Gasteiger partial charge on any atom is 0.530 e. The lowest BCUT2D eigenvalue weighted by Gasteiger charge is -2.14. The summed E-state index contributed by atoms with van der Waals surface area (Å²) in [5.41, 5.74) is 2.38. The molecule has 0 unspecified atom stereocenters. The molecule has 0 aromatic carbocycles. The van der Waals surface area contributed by atoms with Crippen LogP contribution in [0.4, 0.5) is 4.79 Å². The molecular formula is C9H9N4O2+. The van der Waals surface area contributed by atoms with E-state index in [9.17, 15) is 4.79 Å². The summed E-state index contributed by atoms with van der Waals surface area (Å²) in [4.78, 5) is 10.9. The Labute approximate surface area is 85.7 Å². The van der Waals surface area contributed by atoms with Gasteiger partial charge in [-0.2, -0.15) is 4.79 Å². The van der Waals surface area contributed by atoms with Gasteiger partial charge in [-0.15, -0.1) is 10.6 Å². The molecule has 2 heterocycles. The molecule has 1 aromatic heterocycles. The van der Waals surface area contributed by atoms with E-state index in [1.54, 1.807) is 23.0 Å². The van der Waals surface area contributed by atoms with Crippen LogP contribution in [0.3, 0.4) is 0 Å². The summed E-state index contributed by atoms with van der Waals surface area (Å²) >= 11 is 0. The van der Waals surface area contributed by atoms with Gasteiger partial charge in [0.15, 0.2) is 0 Å². The lowest BCUT2D eigenvalue weighted by Crippen LogP contribution is -2.50. The monoisotopic (exact) mass is 205 g/mol. The zero-order chi connectivity index (χ0) is 10.7. The van der Waals surface area contributed by atoms with Gasteiger partial charge in [0, 0.05) is 0 Å². The van der Waals surface area contributed by atoms with Gasteiger partial charge in [0.05, 0.1) is 24.7 Å². The molecule has 0 atom stereocenters. The fraction of sp³-hybridized carbons (Fsp3) is 0. The number of hydrazine groups is 1. The van der Waals surface area contributed by atoms with Crippen LogP contribution in [0.25, 0.3) is 5.82 Å². The first-order valence-electron chi connectivity index (χ1n) is 4.28. The Kier molecular flexibility index (Phi) is 2.32. The SMILES string of the molecule is O=C(O)N1NN=CC=C1[n+]1ccccc1. The maximum atomic E-state index is 10.9. The Morgan fingerprint density at radius 2 is 2.13 bits per heavy atom. The average molecular weight is 205 g/mol. The number of nitrogens with zero attached hydrogens (tertiary/aromatic N) is 3. The van der Waals surface area contributed by atoms with Gasteiger partial charge in [0.2, 0.25) is 0 Å². The van der Waals surface area contributed by atoms with Crippen LogP contribution in [0.2, 0.25) is 0 Å². The number of pyridine rings is 1. The van der Waals surface area contributed by atoms with Gasteiger partial charge in [0.25, 0.3) is 0 Å². The summed E-state index contributed by atoms with van der Waals surface area (Å²) in [6.07, 6.45) is 5.49. The molecule has 2 N–H and O–H groups in total. The van der Waals surface area contributed by atoms with E-state index >= 15 is 0 Å². The lowest BCUT2D eigenvalue weighted by atomic mass is 10.4. The molecule has 0 aliphatic carbocycles. The van der Waals surface area contributed by atoms with Gasteiger partial charge in [-0.1, -0.05) is 6.07 Å². The number of carbonyl (C=O) groups is 1. The number of hydrazone groups is 1. The quantitative estimate of drug-likeness (QED) is 0.646. The fourth-order valence-corrected chi connectivity index (χ4v) is 1.21. The maximum absolute atomic E-state index is 10.9. The topological polar surface area (TPSA) is 68.8 Å². The van der Waals surface area contributed by atoms with Crippen molar-refractivity contribution >= 4 is 18.1 Å². The summed E-state index contributed by atoms with van der Waals surface area (Å²) in [6, 6.07) is 5.48. The minimum absolute atomic E-state index is 0.470. The van der Waals surface area contributed by atoms with Crippen molar-refractivity contribution in [3.8, 4) is 0 Å². The first-order valence-corrected chi connectivity index (χ1v) is 4.28. The third-order valence-corrected chi connectivity index (χ3v) is 1.86. The number of nitrogens with one attached hydrogen (secondary N) is 1. The van der Waals surface area contributed by atoms with Gasteiger partial charge in [-0.05, 0) is 17.1 Å². The summed E-state index contributed by atoms with van der Waals surface area (Å²) in [7, 11) is 0. The van der Waals surface area contributed by atoms with Crippen LogP contribution >= 0.6 is 0 Å². The number of aromatic nitrogens is 1. The number of carboxylic acid groups (broad SMARTS) is 1. The van der Waals surface area contributed by atoms with Gasteiger partial charge in [0.1, 0.15) is 0 Å². The van der Waals surface area contributed by atoms with Crippen molar-refractivity contribution in [2.45, 2.75) is 0 Å². The number of hydrogen-bond donors (Lipinski definition) is 2. The highest BCUT2D eigenvalue weighted by Crippen LogP contribution is 2.03. The molecule has 0 saturated carbocycles. The molecule has 15 heavy (non-hydrogen) atoms. The normalized spacial score (nSPS) is 14.4. The van der Waals surface area contributed by atoms with Crippen LogP contribution in [-0.4, -0.2) is 22.4 Å². The molecule has 6 heteroatoms. The average Bonchev–Trinajstić information content (AvgIpc) is 2.30. The Morgan fingerprint density at radius 3 is 2.80 bits per heavy atom. The first-order chi connectivity index (χ1) is 7.29. The fourth-order valence-electron chi connectivity index (χ4n) is 1.21. The van der Waals surface area contributed by atoms with Crippen LogP contribution in [0.5, 0.6) is 0 Å². The molecule has 0 fully saturated rings. The first kappa shape index (κ1) is 9.20. The predicted molar refractivity (Wildman–Crippen MR) is 52.4 cm³/mol. The summed E-state index contributed by atoms with van der Waals surface area (Å²) < 4.78 is 1.67. The molecule has 0 spiro atoms. The van der Waals surface area contributed by atoms with Gasteiger partial charge in [-0.3, -0.25) is 0 Å². The molecule has 0 bridgehead atoms. The Bertz CT molecular complexity index is 427. The standard InChI is InChI=1S/C9H8N4O2/c14-9(15)13-8(4-5-10-11-13)12-6-2-1-3-7-12/h1-7,11H/p+1. The molecule has 1 aliphatic rings. The third-order valence-electron chi connectivity index (χ3n) is 1.86. The van der Waals surface area contributed by atoms with E-state index in [4.69, 9.17) is 5.11 Å². The highest BCUT2D eigenvalue weighted by molar-refractivity contribution is 5.82. The van der Waals surface area contributed by atoms with Gasteiger partial charge < -0.3 is 5.11 Å². The second-order valence-electron chi connectivity index (χ2n) is 2.80. The van der Waals surface area contributed by atoms with Crippen molar-refractivity contribution < 1.29 is 14.5 Å². The molecular weight excluding hydrogens is 196 g/mol. The molecule has 1 aliphatic heterocycles. The minimum atomic E-state index is -1.12. The Morgan fingerprint density at radius 1 is 1.40 bits per heavy atom. The second kappa shape index (κ2) is 3.79. The molecule has 0 radical (unpaired) electrons. The Balaban J connectivity index is 2.38. The largest absolute Gasteiger partial charge is 0.530 e. The van der Waals surface area contributed by atoms with E-state index in [1.807, 2.05) is 18.2 Å². The van der Waals surface area contributed by atoms with Crippen molar-refractivity contribution in [2.24, 2.45) is 5.10 Å². The zero-order valence-electron chi connectivity index (χ0n) is 7.74. The van der Waals surface area contributed by atoms with Gasteiger partial charge >= 0.3 is 11.9 Å². The number of allylic oxidation sites excluding steroid dienone is 1. The van der Waals surface area contributed by atoms with E-state index in [2.05, 4.69) is 10.6 Å². The van der Waals surface area contributed by atoms with Crippen molar-refractivity contribution in [3.63, 3.8) is 0 Å². The highest BCUT2D eigenvalue weighted by Gasteiger charge is 2.29. The van der Waals surface area contributed by atoms with Crippen LogP contribution in [0, 0.1) is 0 Å². The molecule has 2 rings (SSSR count). The summed E-state index contributed by atoms with van der Waals surface area (Å²) in [5, 5.41) is 13.5. The molecule has 1 aromatic rings. The molecule has 6 nitrogen and oxygen atoms in total. The zero-order valence-corrected chi connectivity index (χ0v) is 7.74. The number of amides is 1. The van der Waals surface area contributed by atoms with Gasteiger partial charge in [-0.25, -0.2) is 4.57 Å². The Hall–Kier alpha value is -2.37. The highest BCUT2D eigenvalue weighted by atomic mass is 16.4. The molecule has 1 amide bonds. The van der Waals surface area contributed by atoms with E-state index in [1.165, 1.54) is 6.21 Å². The van der Waals surface area contributed by atoms with E-state index in [0.29, 0.717) is 5.82 Å². The molecule has 76 valence electrons. The molecule has 0 saturated heterocycles. The summed E-state index contributed by atoms with van der Waals surface area (Å²) in [6.45, 7) is 0. The van der Waals surface area contributed by atoms with Crippen molar-refractivity contribution in [1.29, 1.82) is 0 Å². The smallest absolute Gasteiger partial charge is 0.445 e.